The number of fused-ring (bicyclic) bond motifs is 1. The van der Waals surface area contributed by atoms with Crippen LogP contribution in [0.1, 0.15) is 12.8 Å². The number of nitrogens with zero attached hydrogens (tertiary/aromatic N) is 1. The van der Waals surface area contributed by atoms with Crippen molar-refractivity contribution in [3.8, 4) is 0 Å². The first-order chi connectivity index (χ1) is 12.5. The van der Waals surface area contributed by atoms with Gasteiger partial charge in [0, 0.05) is 12.2 Å². The second-order valence-corrected chi connectivity index (χ2v) is 5.40. The molecule has 0 bridgehead atoms. The molecular formula is C19H15FN2O4. The van der Waals surface area contributed by atoms with Crippen molar-refractivity contribution in [2.24, 2.45) is 0 Å². The van der Waals surface area contributed by atoms with Crippen molar-refractivity contribution in [1.82, 2.24) is 4.98 Å². The number of benzene rings is 2. The summed E-state index contributed by atoms with van der Waals surface area (Å²) in [6.07, 6.45) is 1.36. The van der Waals surface area contributed by atoms with E-state index in [0.717, 1.165) is 6.08 Å². The van der Waals surface area contributed by atoms with Crippen LogP contribution in [0.5, 0.6) is 0 Å². The van der Waals surface area contributed by atoms with E-state index in [9.17, 15) is 14.0 Å². The maximum Gasteiger partial charge on any atom is 0.331 e. The van der Waals surface area contributed by atoms with Crippen LogP contribution >= 0.6 is 0 Å². The quantitative estimate of drug-likeness (QED) is 0.560. The maximum absolute atomic E-state index is 13.5. The van der Waals surface area contributed by atoms with Crippen LogP contribution in [0.4, 0.5) is 10.1 Å². The van der Waals surface area contributed by atoms with Gasteiger partial charge < -0.3 is 14.5 Å². The molecule has 26 heavy (non-hydrogen) atoms. The van der Waals surface area contributed by atoms with Crippen molar-refractivity contribution in [2.45, 2.75) is 13.0 Å². The van der Waals surface area contributed by atoms with Gasteiger partial charge in [-0.2, -0.15) is 0 Å². The first-order valence-corrected chi connectivity index (χ1v) is 7.82. The summed E-state index contributed by atoms with van der Waals surface area (Å²) in [5.41, 5.74) is 1.28. The second kappa shape index (κ2) is 7.60. The fourth-order valence-corrected chi connectivity index (χ4v) is 2.16. The summed E-state index contributed by atoms with van der Waals surface area (Å²) in [5.74, 6) is -1.72. The molecule has 3 aromatic rings. The molecule has 0 aliphatic heterocycles. The number of carbonyl (C=O) groups is 2. The van der Waals surface area contributed by atoms with Gasteiger partial charge in [0.05, 0.1) is 5.69 Å². The third kappa shape index (κ3) is 4.13. The Hall–Kier alpha value is -3.48. The molecule has 1 heterocycles. The van der Waals surface area contributed by atoms with Crippen molar-refractivity contribution in [3.05, 3.63) is 66.3 Å². The monoisotopic (exact) mass is 354 g/mol. The first kappa shape index (κ1) is 17.3. The topological polar surface area (TPSA) is 81.4 Å². The average Bonchev–Trinajstić information content (AvgIpc) is 3.05. The Bertz CT molecular complexity index is 947. The summed E-state index contributed by atoms with van der Waals surface area (Å²) < 4.78 is 23.9. The predicted octanol–water partition coefficient (Wildman–Crippen LogP) is 3.55. The van der Waals surface area contributed by atoms with Gasteiger partial charge in [0.15, 0.2) is 11.7 Å². The zero-order valence-electron chi connectivity index (χ0n) is 13.8. The van der Waals surface area contributed by atoms with Crippen LogP contribution in [0.3, 0.4) is 0 Å². The Balaban J connectivity index is 1.58. The molecule has 6 nitrogen and oxygen atoms in total. The van der Waals surface area contributed by atoms with Crippen LogP contribution in [-0.2, 0) is 14.3 Å². The first-order valence-electron chi connectivity index (χ1n) is 7.82. The zero-order valence-corrected chi connectivity index (χ0v) is 13.8. The number of hydrogen-bond acceptors (Lipinski definition) is 5. The van der Waals surface area contributed by atoms with Crippen LogP contribution in [0.2, 0.25) is 0 Å². The minimum atomic E-state index is -1.10. The number of amides is 1. The highest BCUT2D eigenvalue weighted by Gasteiger charge is 2.18. The lowest BCUT2D eigenvalue weighted by molar-refractivity contribution is -0.148. The summed E-state index contributed by atoms with van der Waals surface area (Å²) in [6, 6.07) is 12.9. The third-order valence-corrected chi connectivity index (χ3v) is 3.47. The Morgan fingerprint density at radius 3 is 2.69 bits per heavy atom. The molecule has 0 unspecified atom stereocenters. The molecule has 1 atom stereocenters. The number of nitrogens with one attached hydrogen (secondary N) is 1. The lowest BCUT2D eigenvalue weighted by Crippen LogP contribution is -2.29. The van der Waals surface area contributed by atoms with Crippen LogP contribution in [-0.4, -0.2) is 23.0 Å². The van der Waals surface area contributed by atoms with Crippen molar-refractivity contribution in [1.29, 1.82) is 0 Å². The number of hydrogen-bond donors (Lipinski definition) is 1. The van der Waals surface area contributed by atoms with Gasteiger partial charge in [0.2, 0.25) is 5.89 Å². The molecule has 0 saturated heterocycles. The minimum Gasteiger partial charge on any atom is -0.449 e. The van der Waals surface area contributed by atoms with Crippen molar-refractivity contribution in [2.75, 3.05) is 5.32 Å². The van der Waals surface area contributed by atoms with Gasteiger partial charge in [0.25, 0.3) is 5.91 Å². The number of esters is 1. The van der Waals surface area contributed by atoms with Gasteiger partial charge in [-0.15, -0.1) is 0 Å². The molecule has 1 aromatic heterocycles. The summed E-state index contributed by atoms with van der Waals surface area (Å²) in [7, 11) is 0. The fourth-order valence-electron chi connectivity index (χ4n) is 2.16. The van der Waals surface area contributed by atoms with Crippen LogP contribution in [0, 0.1) is 5.82 Å². The van der Waals surface area contributed by atoms with E-state index in [4.69, 9.17) is 9.15 Å². The van der Waals surface area contributed by atoms with E-state index in [1.54, 1.807) is 18.2 Å². The smallest absolute Gasteiger partial charge is 0.331 e. The predicted molar refractivity (Wildman–Crippen MR) is 93.6 cm³/mol. The number of para-hydroxylation sites is 3. The van der Waals surface area contributed by atoms with Crippen molar-refractivity contribution in [3.63, 3.8) is 0 Å². The minimum absolute atomic E-state index is 0.0161. The number of aromatic nitrogens is 1. The molecule has 0 radical (unpaired) electrons. The molecule has 132 valence electrons. The Kier molecular flexibility index (Phi) is 5.07. The van der Waals surface area contributed by atoms with Crippen LogP contribution in [0.25, 0.3) is 17.2 Å². The largest absolute Gasteiger partial charge is 0.449 e. The number of halogens is 1. The summed E-state index contributed by atoms with van der Waals surface area (Å²) in [6.45, 7) is 1.39. The second-order valence-electron chi connectivity index (χ2n) is 5.40. The number of anilines is 1. The number of ether oxygens (including phenoxy) is 1. The van der Waals surface area contributed by atoms with E-state index in [0.29, 0.717) is 11.1 Å². The molecule has 1 amide bonds. The van der Waals surface area contributed by atoms with E-state index in [-0.39, 0.29) is 11.6 Å². The lowest BCUT2D eigenvalue weighted by Gasteiger charge is -2.12. The standard InChI is InChI=1S/C19H15FN2O4/c1-12(19(24)22-14-7-3-2-6-13(14)20)25-18(23)11-10-17-21-15-8-4-5-9-16(15)26-17/h2-12H,1H3,(H,22,24)/b11-10+/t12-/m1/s1. The number of rotatable bonds is 5. The molecule has 3 rings (SSSR count). The maximum atomic E-state index is 13.5. The van der Waals surface area contributed by atoms with E-state index in [1.165, 1.54) is 31.2 Å². The van der Waals surface area contributed by atoms with Crippen LogP contribution < -0.4 is 5.32 Å². The van der Waals surface area contributed by atoms with Gasteiger partial charge in [-0.05, 0) is 31.2 Å². The molecule has 2 aromatic carbocycles. The van der Waals surface area contributed by atoms with Crippen LogP contribution in [0.15, 0.2) is 59.0 Å². The molecule has 0 aliphatic rings. The fraction of sp³-hybridized carbons (Fsp3) is 0.105. The van der Waals surface area contributed by atoms with E-state index < -0.39 is 23.8 Å². The van der Waals surface area contributed by atoms with Gasteiger partial charge in [0.1, 0.15) is 11.3 Å². The molecular weight excluding hydrogens is 339 g/mol. The molecule has 0 aliphatic carbocycles. The molecule has 0 spiro atoms. The summed E-state index contributed by atoms with van der Waals surface area (Å²) in [4.78, 5) is 28.0. The lowest BCUT2D eigenvalue weighted by atomic mass is 10.3. The number of oxazole rings is 1. The Morgan fingerprint density at radius 2 is 1.92 bits per heavy atom. The van der Waals surface area contributed by atoms with Crippen molar-refractivity contribution < 1.29 is 23.1 Å². The van der Waals surface area contributed by atoms with E-state index >= 15 is 0 Å². The Labute approximate surface area is 148 Å². The molecule has 0 fully saturated rings. The normalized spacial score (nSPS) is 12.2. The third-order valence-electron chi connectivity index (χ3n) is 3.47. The van der Waals surface area contributed by atoms with Gasteiger partial charge in [-0.3, -0.25) is 4.79 Å². The van der Waals surface area contributed by atoms with E-state index in [1.807, 2.05) is 12.1 Å². The number of carbonyl (C=O) groups excluding carboxylic acids is 2. The van der Waals surface area contributed by atoms with Gasteiger partial charge >= 0.3 is 5.97 Å². The molecule has 0 saturated carbocycles. The SMILES string of the molecule is C[C@@H](OC(=O)/C=C/c1nc2ccccc2o1)C(=O)Nc1ccccc1F. The summed E-state index contributed by atoms with van der Waals surface area (Å²) >= 11 is 0. The summed E-state index contributed by atoms with van der Waals surface area (Å²) in [5, 5.41) is 2.36. The highest BCUT2D eigenvalue weighted by Crippen LogP contribution is 2.16. The van der Waals surface area contributed by atoms with Gasteiger partial charge in [-0.1, -0.05) is 24.3 Å². The Morgan fingerprint density at radius 1 is 1.19 bits per heavy atom. The van der Waals surface area contributed by atoms with Gasteiger partial charge in [-0.25, -0.2) is 14.2 Å². The van der Waals surface area contributed by atoms with E-state index in [2.05, 4.69) is 10.3 Å². The molecule has 7 heteroatoms. The van der Waals surface area contributed by atoms with Crippen molar-refractivity contribution >= 4 is 34.7 Å². The highest BCUT2D eigenvalue weighted by atomic mass is 19.1. The average molecular weight is 354 g/mol. The highest BCUT2D eigenvalue weighted by molar-refractivity contribution is 5.96. The molecule has 1 N–H and O–H groups in total. The zero-order chi connectivity index (χ0) is 18.5.